The fourth-order valence-corrected chi connectivity index (χ4v) is 5.19. The molecule has 0 spiro atoms. The van der Waals surface area contributed by atoms with Gasteiger partial charge < -0.3 is 15.3 Å². The Kier molecular flexibility index (Phi) is 5.32. The fraction of sp³-hybridized carbons (Fsp3) is 0.462. The summed E-state index contributed by atoms with van der Waals surface area (Å²) in [6.07, 6.45) is 2.91. The van der Waals surface area contributed by atoms with Gasteiger partial charge in [-0.15, -0.1) is 0 Å². The second-order valence-electron chi connectivity index (χ2n) is 10.2. The molecule has 1 aliphatic heterocycles. The van der Waals surface area contributed by atoms with Gasteiger partial charge in [-0.05, 0) is 58.1 Å². The number of nitrogens with zero attached hydrogens (tertiary/aromatic N) is 6. The summed E-state index contributed by atoms with van der Waals surface area (Å²) in [5, 5.41) is 18.9. The van der Waals surface area contributed by atoms with Gasteiger partial charge in [0.2, 0.25) is 0 Å². The molecule has 9 heteroatoms. The van der Waals surface area contributed by atoms with Crippen molar-refractivity contribution in [2.45, 2.75) is 63.8 Å². The minimum Gasteiger partial charge on any atom is -0.390 e. The van der Waals surface area contributed by atoms with Crippen LogP contribution in [0.25, 0.3) is 28.1 Å². The van der Waals surface area contributed by atoms with Crippen molar-refractivity contribution in [2.24, 2.45) is 0 Å². The van der Waals surface area contributed by atoms with Gasteiger partial charge in [0, 0.05) is 24.7 Å². The molecule has 2 fully saturated rings. The predicted molar refractivity (Wildman–Crippen MR) is 134 cm³/mol. The Morgan fingerprint density at radius 3 is 2.51 bits per heavy atom. The van der Waals surface area contributed by atoms with Crippen molar-refractivity contribution in [3.05, 3.63) is 42.1 Å². The van der Waals surface area contributed by atoms with Crippen LogP contribution in [0.1, 0.15) is 44.7 Å². The van der Waals surface area contributed by atoms with Crippen molar-refractivity contribution in [1.29, 1.82) is 0 Å². The number of hydrogen-bond acceptors (Lipinski definition) is 7. The molecule has 2 aliphatic rings. The van der Waals surface area contributed by atoms with Crippen molar-refractivity contribution in [2.75, 3.05) is 23.3 Å². The molecular formula is C26H30FN7O. The molecule has 3 aromatic heterocycles. The first-order valence-electron chi connectivity index (χ1n) is 12.4. The van der Waals surface area contributed by atoms with Crippen LogP contribution >= 0.6 is 0 Å². The number of fused-ring (bicyclic) bond motifs is 2. The van der Waals surface area contributed by atoms with E-state index in [0.717, 1.165) is 59.7 Å². The number of rotatable bonds is 4. The smallest absolute Gasteiger partial charge is 0.160 e. The summed E-state index contributed by atoms with van der Waals surface area (Å²) >= 11 is 0. The zero-order chi connectivity index (χ0) is 24.2. The molecular weight excluding hydrogens is 445 g/mol. The van der Waals surface area contributed by atoms with Crippen LogP contribution in [0.15, 0.2) is 36.4 Å². The summed E-state index contributed by atoms with van der Waals surface area (Å²) in [6.45, 7) is 4.84. The van der Waals surface area contributed by atoms with Crippen LogP contribution in [0.3, 0.4) is 0 Å². The molecule has 1 atom stereocenters. The maximum atomic E-state index is 14.0. The summed E-state index contributed by atoms with van der Waals surface area (Å²) < 4.78 is 15.8. The van der Waals surface area contributed by atoms with Gasteiger partial charge in [0.05, 0.1) is 28.9 Å². The lowest BCUT2D eigenvalue weighted by molar-refractivity contribution is 0.0196. The number of benzene rings is 1. The molecule has 1 aliphatic carbocycles. The second kappa shape index (κ2) is 8.41. The number of halogens is 1. The molecule has 2 N–H and O–H groups in total. The molecule has 8 nitrogen and oxygen atoms in total. The van der Waals surface area contributed by atoms with Crippen LogP contribution in [-0.2, 0) is 0 Å². The zero-order valence-electron chi connectivity index (χ0n) is 20.1. The maximum Gasteiger partial charge on any atom is 0.160 e. The lowest BCUT2D eigenvalue weighted by atomic mass is 9.84. The Labute approximate surface area is 203 Å². The van der Waals surface area contributed by atoms with E-state index in [1.54, 1.807) is 0 Å². The van der Waals surface area contributed by atoms with Gasteiger partial charge in [-0.1, -0.05) is 12.1 Å². The minimum absolute atomic E-state index is 0.219. The van der Waals surface area contributed by atoms with Gasteiger partial charge in [0.15, 0.2) is 5.65 Å². The number of aromatic nitrogens is 5. The number of aryl methyl sites for hydroxylation is 1. The number of nitrogens with one attached hydrogen (secondary N) is 1. The SMILES string of the molecule is Cc1nc2ccccc2nc1-c1cc2nc(N3CC[C@H](F)C3)cc(NC3CCC(C)(O)CC3)n2n1. The number of alkyl halides is 1. The van der Waals surface area contributed by atoms with E-state index in [-0.39, 0.29) is 6.04 Å². The molecule has 0 bridgehead atoms. The Bertz CT molecular complexity index is 1390. The summed E-state index contributed by atoms with van der Waals surface area (Å²) in [5.41, 5.74) is 3.97. The Morgan fingerprint density at radius 1 is 1.06 bits per heavy atom. The molecule has 4 aromatic rings. The van der Waals surface area contributed by atoms with Crippen molar-refractivity contribution >= 4 is 28.3 Å². The van der Waals surface area contributed by atoms with Crippen LogP contribution in [0.2, 0.25) is 0 Å². The molecule has 1 aromatic carbocycles. The highest BCUT2D eigenvalue weighted by Gasteiger charge is 2.30. The first kappa shape index (κ1) is 22.2. The molecule has 4 heterocycles. The third kappa shape index (κ3) is 4.29. The van der Waals surface area contributed by atoms with Gasteiger partial charge in [-0.2, -0.15) is 9.61 Å². The average Bonchev–Trinajstić information content (AvgIpc) is 3.46. The molecule has 0 radical (unpaired) electrons. The first-order chi connectivity index (χ1) is 16.8. The quantitative estimate of drug-likeness (QED) is 0.455. The topological polar surface area (TPSA) is 91.5 Å². The molecule has 0 unspecified atom stereocenters. The molecule has 1 saturated heterocycles. The second-order valence-corrected chi connectivity index (χ2v) is 10.2. The summed E-state index contributed by atoms with van der Waals surface area (Å²) in [7, 11) is 0. The van der Waals surface area contributed by atoms with Crippen LogP contribution in [0.5, 0.6) is 0 Å². The molecule has 35 heavy (non-hydrogen) atoms. The fourth-order valence-electron chi connectivity index (χ4n) is 5.19. The highest BCUT2D eigenvalue weighted by Crippen LogP contribution is 2.32. The first-order valence-corrected chi connectivity index (χ1v) is 12.4. The van der Waals surface area contributed by atoms with Gasteiger partial charge in [0.1, 0.15) is 29.2 Å². The highest BCUT2D eigenvalue weighted by molar-refractivity contribution is 5.78. The predicted octanol–water partition coefficient (Wildman–Crippen LogP) is 4.30. The van der Waals surface area contributed by atoms with E-state index in [9.17, 15) is 9.50 Å². The lowest BCUT2D eigenvalue weighted by Crippen LogP contribution is -2.36. The van der Waals surface area contributed by atoms with Crippen molar-refractivity contribution < 1.29 is 9.50 Å². The number of anilines is 2. The van der Waals surface area contributed by atoms with Crippen LogP contribution in [-0.4, -0.2) is 60.6 Å². The van der Waals surface area contributed by atoms with Gasteiger partial charge in [-0.3, -0.25) is 0 Å². The number of para-hydroxylation sites is 2. The highest BCUT2D eigenvalue weighted by atomic mass is 19.1. The van der Waals surface area contributed by atoms with E-state index in [4.69, 9.17) is 20.1 Å². The van der Waals surface area contributed by atoms with Crippen molar-refractivity contribution in [1.82, 2.24) is 24.6 Å². The largest absolute Gasteiger partial charge is 0.390 e. The minimum atomic E-state index is -0.832. The van der Waals surface area contributed by atoms with Crippen molar-refractivity contribution in [3.8, 4) is 11.4 Å². The molecule has 0 amide bonds. The van der Waals surface area contributed by atoms with Crippen LogP contribution < -0.4 is 10.2 Å². The monoisotopic (exact) mass is 475 g/mol. The van der Waals surface area contributed by atoms with Gasteiger partial charge >= 0.3 is 0 Å². The molecule has 1 saturated carbocycles. The summed E-state index contributed by atoms with van der Waals surface area (Å²) in [6, 6.07) is 11.9. The number of aliphatic hydroxyl groups is 1. The van der Waals surface area contributed by atoms with E-state index < -0.39 is 11.8 Å². The van der Waals surface area contributed by atoms with E-state index >= 15 is 0 Å². The van der Waals surface area contributed by atoms with E-state index in [1.807, 2.05) is 59.7 Å². The van der Waals surface area contributed by atoms with Gasteiger partial charge in [0.25, 0.3) is 0 Å². The number of hydrogen-bond donors (Lipinski definition) is 2. The summed E-state index contributed by atoms with van der Waals surface area (Å²) in [4.78, 5) is 16.4. The maximum absolute atomic E-state index is 14.0. The Balaban J connectivity index is 1.42. The Hall–Kier alpha value is -3.33. The third-order valence-corrected chi connectivity index (χ3v) is 7.27. The molecule has 182 valence electrons. The standard InChI is InChI=1S/C26H30FN7O/c1-16-25(30-20-6-4-3-5-19(20)28-16)21-13-23-31-22(33-12-9-17(27)15-33)14-24(34(23)32-21)29-18-7-10-26(2,35)11-8-18/h3-6,13-14,17-18,29,35H,7-12,15H2,1-2H3/t17-,18?,26?/m0/s1. The van der Waals surface area contributed by atoms with Gasteiger partial charge in [-0.25, -0.2) is 19.3 Å². The van der Waals surface area contributed by atoms with Crippen LogP contribution in [0.4, 0.5) is 16.0 Å². The van der Waals surface area contributed by atoms with E-state index in [2.05, 4.69) is 5.32 Å². The zero-order valence-corrected chi connectivity index (χ0v) is 20.1. The average molecular weight is 476 g/mol. The lowest BCUT2D eigenvalue weighted by Gasteiger charge is -2.34. The third-order valence-electron chi connectivity index (χ3n) is 7.27. The van der Waals surface area contributed by atoms with E-state index in [1.165, 1.54) is 0 Å². The summed E-state index contributed by atoms with van der Waals surface area (Å²) in [5.74, 6) is 1.56. The van der Waals surface area contributed by atoms with E-state index in [0.29, 0.717) is 30.9 Å². The molecule has 6 rings (SSSR count). The van der Waals surface area contributed by atoms with Crippen molar-refractivity contribution in [3.63, 3.8) is 0 Å². The van der Waals surface area contributed by atoms with Crippen LogP contribution in [0, 0.1) is 6.92 Å². The Morgan fingerprint density at radius 2 is 1.80 bits per heavy atom. The normalized spacial score (nSPS) is 25.0.